The number of hydrogen-bond acceptors (Lipinski definition) is 3. The molecule has 0 amide bonds. The second-order valence-electron chi connectivity index (χ2n) is 4.26. The molecular weight excluding hydrogens is 200 g/mol. The van der Waals surface area contributed by atoms with Crippen LogP contribution < -0.4 is 5.32 Å². The molecule has 1 rings (SSSR count). The van der Waals surface area contributed by atoms with Crippen molar-refractivity contribution in [3.8, 4) is 0 Å². The van der Waals surface area contributed by atoms with Gasteiger partial charge in [0.25, 0.3) is 0 Å². The van der Waals surface area contributed by atoms with Crippen molar-refractivity contribution in [2.24, 2.45) is 5.92 Å². The van der Waals surface area contributed by atoms with Crippen LogP contribution in [0.3, 0.4) is 0 Å². The van der Waals surface area contributed by atoms with Crippen LogP contribution in [0, 0.1) is 5.92 Å². The largest absolute Gasteiger partial charge is 0.396 e. The van der Waals surface area contributed by atoms with E-state index in [2.05, 4.69) is 24.1 Å². The highest BCUT2D eigenvalue weighted by atomic mass is 35.5. The van der Waals surface area contributed by atoms with E-state index < -0.39 is 0 Å². The van der Waals surface area contributed by atoms with Crippen molar-refractivity contribution in [3.63, 3.8) is 0 Å². The van der Waals surface area contributed by atoms with Crippen molar-refractivity contribution in [2.75, 3.05) is 32.8 Å². The van der Waals surface area contributed by atoms with E-state index in [1.807, 2.05) is 0 Å². The minimum atomic E-state index is 0. The summed E-state index contributed by atoms with van der Waals surface area (Å²) in [6.07, 6.45) is 0.903. The Labute approximate surface area is 93.3 Å². The van der Waals surface area contributed by atoms with Gasteiger partial charge in [-0.2, -0.15) is 0 Å². The predicted molar refractivity (Wildman–Crippen MR) is 62.0 cm³/mol. The maximum Gasteiger partial charge on any atom is 0.0446 e. The Morgan fingerprint density at radius 3 is 2.79 bits per heavy atom. The number of nitrogens with zero attached hydrogens (tertiary/aromatic N) is 1. The van der Waals surface area contributed by atoms with Crippen molar-refractivity contribution in [1.29, 1.82) is 0 Å². The highest BCUT2D eigenvalue weighted by Gasteiger charge is 2.21. The first-order valence-electron chi connectivity index (χ1n) is 5.29. The first kappa shape index (κ1) is 14.2. The molecule has 1 aliphatic rings. The van der Waals surface area contributed by atoms with Gasteiger partial charge in [-0.3, -0.25) is 4.90 Å². The molecule has 0 bridgehead atoms. The molecule has 0 aliphatic carbocycles. The van der Waals surface area contributed by atoms with Gasteiger partial charge in [0.1, 0.15) is 0 Å². The van der Waals surface area contributed by atoms with Crippen LogP contribution in [0.4, 0.5) is 0 Å². The average molecular weight is 223 g/mol. The maximum absolute atomic E-state index is 8.92. The number of halogens is 1. The van der Waals surface area contributed by atoms with E-state index in [1.54, 1.807) is 0 Å². The molecule has 0 radical (unpaired) electrons. The quantitative estimate of drug-likeness (QED) is 0.736. The molecule has 0 saturated carbocycles. The van der Waals surface area contributed by atoms with Gasteiger partial charge in [0.2, 0.25) is 0 Å². The molecule has 86 valence electrons. The second-order valence-corrected chi connectivity index (χ2v) is 4.26. The van der Waals surface area contributed by atoms with Crippen LogP contribution in [0.5, 0.6) is 0 Å². The van der Waals surface area contributed by atoms with Gasteiger partial charge < -0.3 is 10.4 Å². The van der Waals surface area contributed by atoms with Gasteiger partial charge in [-0.25, -0.2) is 0 Å². The molecule has 0 aromatic rings. The fourth-order valence-electron chi connectivity index (χ4n) is 1.95. The smallest absolute Gasteiger partial charge is 0.0446 e. The zero-order valence-electron chi connectivity index (χ0n) is 9.20. The lowest BCUT2D eigenvalue weighted by Crippen LogP contribution is -2.52. The van der Waals surface area contributed by atoms with Crippen LogP contribution >= 0.6 is 12.4 Å². The monoisotopic (exact) mass is 222 g/mol. The minimum absolute atomic E-state index is 0. The molecule has 14 heavy (non-hydrogen) atoms. The summed E-state index contributed by atoms with van der Waals surface area (Å²) in [5.41, 5.74) is 0. The highest BCUT2D eigenvalue weighted by Crippen LogP contribution is 2.09. The summed E-state index contributed by atoms with van der Waals surface area (Å²) in [6.45, 7) is 9.22. The highest BCUT2D eigenvalue weighted by molar-refractivity contribution is 5.85. The topological polar surface area (TPSA) is 35.5 Å². The van der Waals surface area contributed by atoms with Crippen molar-refractivity contribution < 1.29 is 5.11 Å². The molecule has 1 unspecified atom stereocenters. The predicted octanol–water partition coefficient (Wildman–Crippen LogP) is 0.720. The molecule has 3 nitrogen and oxygen atoms in total. The van der Waals surface area contributed by atoms with Gasteiger partial charge in [0.05, 0.1) is 0 Å². The third-order valence-electron chi connectivity index (χ3n) is 2.53. The van der Waals surface area contributed by atoms with Gasteiger partial charge in [-0.15, -0.1) is 12.4 Å². The standard InChI is InChI=1S/C10H22N2O.ClH/c1-9(2)8-12-5-4-11-7-10(12)3-6-13;/h9-11,13H,3-8H2,1-2H3;1H. The summed E-state index contributed by atoms with van der Waals surface area (Å²) in [7, 11) is 0. The zero-order valence-corrected chi connectivity index (χ0v) is 10.0. The normalized spacial score (nSPS) is 23.6. The fraction of sp³-hybridized carbons (Fsp3) is 1.00. The van der Waals surface area contributed by atoms with Crippen molar-refractivity contribution in [3.05, 3.63) is 0 Å². The Bertz CT molecular complexity index is 142. The molecule has 1 saturated heterocycles. The Hall–Kier alpha value is 0.170. The summed E-state index contributed by atoms with van der Waals surface area (Å²) in [5, 5.41) is 12.3. The first-order valence-corrected chi connectivity index (χ1v) is 5.29. The Balaban J connectivity index is 0.00000169. The number of hydrogen-bond donors (Lipinski definition) is 2. The Morgan fingerprint density at radius 1 is 1.50 bits per heavy atom. The van der Waals surface area contributed by atoms with Gasteiger partial charge in [-0.1, -0.05) is 13.8 Å². The number of aliphatic hydroxyl groups excluding tert-OH is 1. The van der Waals surface area contributed by atoms with Crippen LogP contribution in [-0.4, -0.2) is 48.8 Å². The van der Waals surface area contributed by atoms with Gasteiger partial charge >= 0.3 is 0 Å². The summed E-state index contributed by atoms with van der Waals surface area (Å²) in [6, 6.07) is 0.543. The van der Waals surface area contributed by atoms with E-state index in [0.29, 0.717) is 12.6 Å². The summed E-state index contributed by atoms with van der Waals surface area (Å²) in [5.74, 6) is 0.722. The summed E-state index contributed by atoms with van der Waals surface area (Å²) in [4.78, 5) is 2.50. The molecule has 2 N–H and O–H groups in total. The van der Waals surface area contributed by atoms with Crippen molar-refractivity contribution in [2.45, 2.75) is 26.3 Å². The zero-order chi connectivity index (χ0) is 9.68. The van der Waals surface area contributed by atoms with E-state index in [4.69, 9.17) is 5.11 Å². The van der Waals surface area contributed by atoms with Crippen LogP contribution in [-0.2, 0) is 0 Å². The van der Waals surface area contributed by atoms with E-state index in [9.17, 15) is 0 Å². The molecule has 1 heterocycles. The lowest BCUT2D eigenvalue weighted by molar-refractivity contribution is 0.118. The molecule has 1 atom stereocenters. The summed E-state index contributed by atoms with van der Waals surface area (Å²) < 4.78 is 0. The average Bonchev–Trinajstić information content (AvgIpc) is 2.08. The molecule has 0 spiro atoms. The number of piperazine rings is 1. The first-order chi connectivity index (χ1) is 6.24. The molecule has 0 aromatic heterocycles. The molecule has 1 fully saturated rings. The van der Waals surface area contributed by atoms with Crippen molar-refractivity contribution >= 4 is 12.4 Å². The summed E-state index contributed by atoms with van der Waals surface area (Å²) >= 11 is 0. The molecule has 4 heteroatoms. The third-order valence-corrected chi connectivity index (χ3v) is 2.53. The number of rotatable bonds is 4. The minimum Gasteiger partial charge on any atom is -0.396 e. The lowest BCUT2D eigenvalue weighted by Gasteiger charge is -2.37. The van der Waals surface area contributed by atoms with E-state index in [-0.39, 0.29) is 12.4 Å². The van der Waals surface area contributed by atoms with Crippen LogP contribution in [0.2, 0.25) is 0 Å². The van der Waals surface area contributed by atoms with Crippen LogP contribution in [0.25, 0.3) is 0 Å². The van der Waals surface area contributed by atoms with Gasteiger partial charge in [0.15, 0.2) is 0 Å². The van der Waals surface area contributed by atoms with Gasteiger partial charge in [0, 0.05) is 38.8 Å². The maximum atomic E-state index is 8.92. The fourth-order valence-corrected chi connectivity index (χ4v) is 1.95. The Kier molecular flexibility index (Phi) is 7.55. The van der Waals surface area contributed by atoms with Crippen LogP contribution in [0.1, 0.15) is 20.3 Å². The molecule has 0 aromatic carbocycles. The van der Waals surface area contributed by atoms with E-state index >= 15 is 0 Å². The van der Waals surface area contributed by atoms with Crippen LogP contribution in [0.15, 0.2) is 0 Å². The van der Waals surface area contributed by atoms with Crippen molar-refractivity contribution in [1.82, 2.24) is 10.2 Å². The number of aliphatic hydroxyl groups is 1. The second kappa shape index (κ2) is 7.46. The molecular formula is C10H23ClN2O. The molecule has 1 aliphatic heterocycles. The Morgan fingerprint density at radius 2 is 2.21 bits per heavy atom. The number of nitrogens with one attached hydrogen (secondary N) is 1. The van der Waals surface area contributed by atoms with E-state index in [1.165, 1.54) is 0 Å². The third kappa shape index (κ3) is 4.60. The van der Waals surface area contributed by atoms with E-state index in [0.717, 1.165) is 38.5 Å². The lowest BCUT2D eigenvalue weighted by atomic mass is 10.1. The SMILES string of the molecule is CC(C)CN1CCNCC1CCO.Cl. The van der Waals surface area contributed by atoms with Gasteiger partial charge in [-0.05, 0) is 12.3 Å².